The maximum Gasteiger partial charge on any atom is 0.317 e. The topological polar surface area (TPSA) is 74.5 Å². The molecule has 1 N–H and O–H groups in total. The molecule has 3 aromatic rings. The zero-order valence-corrected chi connectivity index (χ0v) is 18.1. The lowest BCUT2D eigenvalue weighted by Gasteiger charge is -2.19. The minimum atomic E-state index is -0.0822. The Morgan fingerprint density at radius 1 is 1.00 bits per heavy atom. The lowest BCUT2D eigenvalue weighted by Crippen LogP contribution is -2.37. The molecule has 0 fully saturated rings. The summed E-state index contributed by atoms with van der Waals surface area (Å²) in [5.74, 6) is 1.24. The maximum atomic E-state index is 12.4. The Bertz CT molecular complexity index is 948. The van der Waals surface area contributed by atoms with Crippen LogP contribution in [0.5, 0.6) is 0 Å². The summed E-state index contributed by atoms with van der Waals surface area (Å²) in [6, 6.07) is 16.1. The number of rotatable bonds is 8. The highest BCUT2D eigenvalue weighted by atomic mass is 16.5. The average molecular weight is 408 g/mol. The van der Waals surface area contributed by atoms with Crippen molar-refractivity contribution in [2.75, 3.05) is 32.6 Å². The first kappa shape index (κ1) is 21.4. The highest BCUT2D eigenvalue weighted by Gasteiger charge is 2.10. The Morgan fingerprint density at radius 3 is 2.27 bits per heavy atom. The first-order valence-corrected chi connectivity index (χ1v) is 10.1. The van der Waals surface area contributed by atoms with E-state index in [-0.39, 0.29) is 6.03 Å². The van der Waals surface area contributed by atoms with Crippen molar-refractivity contribution in [3.05, 3.63) is 65.5 Å². The third-order valence-electron chi connectivity index (χ3n) is 4.89. The molecule has 7 nitrogen and oxygen atoms in total. The zero-order chi connectivity index (χ0) is 21.5. The van der Waals surface area contributed by atoms with Gasteiger partial charge in [0, 0.05) is 51.9 Å². The van der Waals surface area contributed by atoms with Crippen molar-refractivity contribution in [2.24, 2.45) is 0 Å². The Morgan fingerprint density at radius 2 is 1.67 bits per heavy atom. The van der Waals surface area contributed by atoms with E-state index in [0.717, 1.165) is 35.2 Å². The summed E-state index contributed by atoms with van der Waals surface area (Å²) in [6.45, 7) is 3.13. The zero-order valence-electron chi connectivity index (χ0n) is 18.1. The summed E-state index contributed by atoms with van der Waals surface area (Å²) >= 11 is 0. The quantitative estimate of drug-likeness (QED) is 0.616. The molecule has 0 aliphatic carbocycles. The number of anilines is 1. The molecule has 0 bridgehead atoms. The highest BCUT2D eigenvalue weighted by molar-refractivity contribution is 5.73. The van der Waals surface area contributed by atoms with E-state index >= 15 is 0 Å². The molecule has 0 saturated heterocycles. The van der Waals surface area contributed by atoms with Crippen LogP contribution < -0.4 is 10.2 Å². The predicted octanol–water partition coefficient (Wildman–Crippen LogP) is 3.75. The molecule has 158 valence electrons. The van der Waals surface area contributed by atoms with Crippen molar-refractivity contribution in [2.45, 2.75) is 26.3 Å². The Labute approximate surface area is 177 Å². The normalized spacial score (nSPS) is 10.7. The number of nitrogens with zero attached hydrogens (tertiary/aromatic N) is 4. The summed E-state index contributed by atoms with van der Waals surface area (Å²) in [4.78, 5) is 20.4. The summed E-state index contributed by atoms with van der Waals surface area (Å²) in [6.07, 6.45) is 1.50. The molecule has 2 aromatic carbocycles. The fourth-order valence-corrected chi connectivity index (χ4v) is 3.02. The fourth-order valence-electron chi connectivity index (χ4n) is 3.02. The van der Waals surface area contributed by atoms with Gasteiger partial charge in [-0.3, -0.25) is 0 Å². The van der Waals surface area contributed by atoms with Crippen molar-refractivity contribution in [1.82, 2.24) is 20.4 Å². The second-order valence-corrected chi connectivity index (χ2v) is 7.47. The molecule has 0 atom stereocenters. The third-order valence-corrected chi connectivity index (χ3v) is 4.89. The molecule has 30 heavy (non-hydrogen) atoms. The van der Waals surface area contributed by atoms with Gasteiger partial charge in [-0.1, -0.05) is 36.3 Å². The van der Waals surface area contributed by atoms with E-state index in [9.17, 15) is 4.79 Å². The molecule has 2 amide bonds. The van der Waals surface area contributed by atoms with Crippen molar-refractivity contribution < 1.29 is 9.32 Å². The van der Waals surface area contributed by atoms with Crippen LogP contribution in [0, 0.1) is 0 Å². The van der Waals surface area contributed by atoms with E-state index in [1.165, 1.54) is 0 Å². The molecule has 0 saturated carbocycles. The van der Waals surface area contributed by atoms with E-state index in [2.05, 4.69) is 32.5 Å². The molecule has 7 heteroatoms. The van der Waals surface area contributed by atoms with Crippen LogP contribution in [0.4, 0.5) is 10.5 Å². The number of urea groups is 1. The highest BCUT2D eigenvalue weighted by Crippen LogP contribution is 2.18. The van der Waals surface area contributed by atoms with E-state index in [1.807, 2.05) is 57.4 Å². The smallest absolute Gasteiger partial charge is 0.317 e. The average Bonchev–Trinajstić information content (AvgIpc) is 3.24. The van der Waals surface area contributed by atoms with E-state index in [0.29, 0.717) is 24.8 Å². The van der Waals surface area contributed by atoms with Gasteiger partial charge in [0.25, 0.3) is 5.89 Å². The first-order chi connectivity index (χ1) is 14.5. The van der Waals surface area contributed by atoms with Crippen LogP contribution in [-0.4, -0.2) is 48.8 Å². The second-order valence-electron chi connectivity index (χ2n) is 7.47. The number of benzene rings is 2. The monoisotopic (exact) mass is 407 g/mol. The van der Waals surface area contributed by atoms with Crippen LogP contribution in [0.2, 0.25) is 0 Å². The lowest BCUT2D eigenvalue weighted by atomic mass is 10.1. The SMILES string of the molecule is CCc1noc(-c2ccc(CCNC(=O)N(C)Cc3ccc(N(C)C)cc3)cc2)n1. The van der Waals surface area contributed by atoms with Crippen LogP contribution in [0.3, 0.4) is 0 Å². The Hall–Kier alpha value is -3.35. The van der Waals surface area contributed by atoms with E-state index in [1.54, 1.807) is 11.9 Å². The van der Waals surface area contributed by atoms with Crippen LogP contribution >= 0.6 is 0 Å². The largest absolute Gasteiger partial charge is 0.378 e. The number of amides is 2. The van der Waals surface area contributed by atoms with E-state index < -0.39 is 0 Å². The molecule has 0 radical (unpaired) electrons. The van der Waals surface area contributed by atoms with Crippen LogP contribution in [0.1, 0.15) is 23.9 Å². The van der Waals surface area contributed by atoms with Gasteiger partial charge >= 0.3 is 6.03 Å². The molecule has 0 unspecified atom stereocenters. The number of carbonyl (C=O) groups is 1. The summed E-state index contributed by atoms with van der Waals surface area (Å²) < 4.78 is 5.26. The number of hydrogen-bond donors (Lipinski definition) is 1. The molecule has 0 aliphatic rings. The number of nitrogens with one attached hydrogen (secondary N) is 1. The van der Waals surface area contributed by atoms with Crippen molar-refractivity contribution >= 4 is 11.7 Å². The number of carbonyl (C=O) groups excluding carboxylic acids is 1. The van der Waals surface area contributed by atoms with Gasteiger partial charge in [0.05, 0.1) is 0 Å². The molecule has 0 spiro atoms. The van der Waals surface area contributed by atoms with Gasteiger partial charge in [-0.05, 0) is 41.8 Å². The Kier molecular flexibility index (Phi) is 7.06. The molecule has 1 heterocycles. The van der Waals surface area contributed by atoms with Gasteiger partial charge in [0.2, 0.25) is 0 Å². The second kappa shape index (κ2) is 9.91. The summed E-state index contributed by atoms with van der Waals surface area (Å²) in [5, 5.41) is 6.90. The molecule has 0 aliphatic heterocycles. The summed E-state index contributed by atoms with van der Waals surface area (Å²) in [5.41, 5.74) is 4.27. The van der Waals surface area contributed by atoms with Crippen LogP contribution in [0.25, 0.3) is 11.5 Å². The number of aryl methyl sites for hydroxylation is 1. The van der Waals surface area contributed by atoms with Crippen LogP contribution in [-0.2, 0) is 19.4 Å². The van der Waals surface area contributed by atoms with Gasteiger partial charge < -0.3 is 19.6 Å². The molecular weight excluding hydrogens is 378 g/mol. The molecule has 1 aromatic heterocycles. The molecule has 3 rings (SSSR count). The van der Waals surface area contributed by atoms with Gasteiger partial charge in [-0.15, -0.1) is 0 Å². The van der Waals surface area contributed by atoms with Gasteiger partial charge in [-0.25, -0.2) is 4.79 Å². The van der Waals surface area contributed by atoms with Gasteiger partial charge in [-0.2, -0.15) is 4.98 Å². The number of hydrogen-bond acceptors (Lipinski definition) is 5. The van der Waals surface area contributed by atoms with Crippen molar-refractivity contribution in [3.63, 3.8) is 0 Å². The lowest BCUT2D eigenvalue weighted by molar-refractivity contribution is 0.207. The minimum Gasteiger partial charge on any atom is -0.378 e. The van der Waals surface area contributed by atoms with Crippen molar-refractivity contribution in [3.8, 4) is 11.5 Å². The fraction of sp³-hybridized carbons (Fsp3) is 0.348. The van der Waals surface area contributed by atoms with Gasteiger partial charge in [0.1, 0.15) is 0 Å². The minimum absolute atomic E-state index is 0.0822. The first-order valence-electron chi connectivity index (χ1n) is 10.1. The third kappa shape index (κ3) is 5.59. The Balaban J connectivity index is 1.45. The maximum absolute atomic E-state index is 12.4. The predicted molar refractivity (Wildman–Crippen MR) is 118 cm³/mol. The summed E-state index contributed by atoms with van der Waals surface area (Å²) in [7, 11) is 5.82. The van der Waals surface area contributed by atoms with Crippen LogP contribution in [0.15, 0.2) is 53.1 Å². The van der Waals surface area contributed by atoms with Crippen molar-refractivity contribution in [1.29, 1.82) is 0 Å². The standard InChI is InChI=1S/C23H29N5O2/c1-5-21-25-22(30-26-21)19-10-6-17(7-11-19)14-15-24-23(29)28(4)16-18-8-12-20(13-9-18)27(2)3/h6-13H,5,14-16H2,1-4H3,(H,24,29). The van der Waals surface area contributed by atoms with E-state index in [4.69, 9.17) is 4.52 Å². The van der Waals surface area contributed by atoms with Gasteiger partial charge in [0.15, 0.2) is 5.82 Å². The number of aromatic nitrogens is 2. The molecular formula is C23H29N5O2.